The molecule has 22 heavy (non-hydrogen) atoms. The van der Waals surface area contributed by atoms with Gasteiger partial charge in [0, 0.05) is 22.1 Å². The highest BCUT2D eigenvalue weighted by Gasteiger charge is 2.03. The average molecular weight is 333 g/mol. The van der Waals surface area contributed by atoms with Gasteiger partial charge < -0.3 is 10.1 Å². The van der Waals surface area contributed by atoms with Crippen LogP contribution in [0.4, 0.5) is 0 Å². The van der Waals surface area contributed by atoms with Crippen molar-refractivity contribution in [1.82, 2.24) is 5.32 Å². The van der Waals surface area contributed by atoms with E-state index in [4.69, 9.17) is 4.74 Å². The Morgan fingerprint density at radius 2 is 1.68 bits per heavy atom. The summed E-state index contributed by atoms with van der Waals surface area (Å²) in [7, 11) is 1.64. The number of thioether (sulfide) groups is 2. The Balaban J connectivity index is 1.61. The van der Waals surface area contributed by atoms with Crippen LogP contribution in [-0.4, -0.2) is 31.1 Å². The number of benzene rings is 2. The Bertz CT molecular complexity index is 573. The largest absolute Gasteiger partial charge is 0.497 e. The molecule has 0 aliphatic heterocycles. The number of rotatable bonds is 8. The van der Waals surface area contributed by atoms with Crippen LogP contribution in [0.2, 0.25) is 0 Å². The molecule has 0 radical (unpaired) electrons. The fraction of sp³-hybridized carbons (Fsp3) is 0.235. The number of hydrogen-bond acceptors (Lipinski definition) is 4. The number of nitrogens with one attached hydrogen (secondary N) is 1. The lowest BCUT2D eigenvalue weighted by Crippen LogP contribution is -2.27. The van der Waals surface area contributed by atoms with Gasteiger partial charge in [0.25, 0.3) is 0 Å². The highest BCUT2D eigenvalue weighted by molar-refractivity contribution is 8.00. The van der Waals surface area contributed by atoms with Gasteiger partial charge >= 0.3 is 0 Å². The minimum atomic E-state index is 0.0643. The molecule has 0 unspecified atom stereocenters. The Morgan fingerprint density at radius 1 is 1.00 bits per heavy atom. The average Bonchev–Trinajstić information content (AvgIpc) is 2.58. The van der Waals surface area contributed by atoms with Crippen molar-refractivity contribution in [2.24, 2.45) is 0 Å². The Hall–Kier alpha value is -1.59. The molecule has 0 saturated heterocycles. The minimum Gasteiger partial charge on any atom is -0.497 e. The van der Waals surface area contributed by atoms with Gasteiger partial charge in [0.15, 0.2) is 0 Å². The molecule has 2 aromatic rings. The van der Waals surface area contributed by atoms with Crippen molar-refractivity contribution in [1.29, 1.82) is 0 Å². The number of methoxy groups -OCH3 is 1. The van der Waals surface area contributed by atoms with Gasteiger partial charge in [0.2, 0.25) is 5.91 Å². The lowest BCUT2D eigenvalue weighted by Gasteiger charge is -2.06. The van der Waals surface area contributed by atoms with Gasteiger partial charge in [-0.1, -0.05) is 18.2 Å². The van der Waals surface area contributed by atoms with E-state index in [1.54, 1.807) is 18.9 Å². The SMILES string of the molecule is COc1ccc(SCC(=O)NCCSc2ccccc2)cc1. The minimum absolute atomic E-state index is 0.0643. The topological polar surface area (TPSA) is 38.3 Å². The third-order valence-corrected chi connectivity index (χ3v) is 4.89. The van der Waals surface area contributed by atoms with Crippen molar-refractivity contribution < 1.29 is 9.53 Å². The maximum Gasteiger partial charge on any atom is 0.230 e. The quantitative estimate of drug-likeness (QED) is 0.590. The summed E-state index contributed by atoms with van der Waals surface area (Å²) in [4.78, 5) is 14.1. The molecule has 2 rings (SSSR count). The van der Waals surface area contributed by atoms with Crippen LogP contribution in [0.1, 0.15) is 0 Å². The molecule has 0 bridgehead atoms. The summed E-state index contributed by atoms with van der Waals surface area (Å²) in [6.45, 7) is 0.682. The Labute approximate surface area is 139 Å². The summed E-state index contributed by atoms with van der Waals surface area (Å²) in [5.74, 6) is 2.20. The fourth-order valence-corrected chi connectivity index (χ4v) is 3.27. The molecule has 1 amide bonds. The summed E-state index contributed by atoms with van der Waals surface area (Å²) in [5, 5.41) is 2.94. The molecule has 2 aromatic carbocycles. The number of carbonyl (C=O) groups excluding carboxylic acids is 1. The fourth-order valence-electron chi connectivity index (χ4n) is 1.75. The van der Waals surface area contributed by atoms with E-state index >= 15 is 0 Å². The lowest BCUT2D eigenvalue weighted by atomic mass is 10.3. The smallest absolute Gasteiger partial charge is 0.230 e. The summed E-state index contributed by atoms with van der Waals surface area (Å²) in [6.07, 6.45) is 0. The molecule has 3 nitrogen and oxygen atoms in total. The summed E-state index contributed by atoms with van der Waals surface area (Å²) in [6, 6.07) is 17.9. The Morgan fingerprint density at radius 3 is 2.36 bits per heavy atom. The van der Waals surface area contributed by atoms with Crippen LogP contribution >= 0.6 is 23.5 Å². The highest BCUT2D eigenvalue weighted by Crippen LogP contribution is 2.21. The van der Waals surface area contributed by atoms with E-state index in [1.807, 2.05) is 42.5 Å². The van der Waals surface area contributed by atoms with Gasteiger partial charge in [-0.15, -0.1) is 23.5 Å². The first-order chi connectivity index (χ1) is 10.8. The zero-order chi connectivity index (χ0) is 15.6. The number of hydrogen-bond donors (Lipinski definition) is 1. The van der Waals surface area contributed by atoms with Crippen molar-refractivity contribution in [3.8, 4) is 5.75 Å². The van der Waals surface area contributed by atoms with Crippen LogP contribution in [0.25, 0.3) is 0 Å². The number of carbonyl (C=O) groups is 1. The molecule has 0 aliphatic rings. The van der Waals surface area contributed by atoms with Crippen molar-refractivity contribution in [2.45, 2.75) is 9.79 Å². The third-order valence-electron chi connectivity index (χ3n) is 2.87. The van der Waals surface area contributed by atoms with Crippen LogP contribution in [0.15, 0.2) is 64.4 Å². The maximum absolute atomic E-state index is 11.8. The van der Waals surface area contributed by atoms with E-state index in [-0.39, 0.29) is 5.91 Å². The zero-order valence-electron chi connectivity index (χ0n) is 12.5. The van der Waals surface area contributed by atoms with Gasteiger partial charge in [-0.3, -0.25) is 4.79 Å². The van der Waals surface area contributed by atoms with E-state index in [1.165, 1.54) is 16.7 Å². The van der Waals surface area contributed by atoms with Crippen LogP contribution in [0.5, 0.6) is 5.75 Å². The molecule has 1 N–H and O–H groups in total. The summed E-state index contributed by atoms with van der Waals surface area (Å²) < 4.78 is 5.11. The standard InChI is InChI=1S/C17H19NO2S2/c1-20-14-7-9-16(10-8-14)22-13-17(19)18-11-12-21-15-5-3-2-4-6-15/h2-10H,11-13H2,1H3,(H,18,19). The molecule has 0 aliphatic carbocycles. The first-order valence-corrected chi connectivity index (χ1v) is 8.96. The predicted octanol–water partition coefficient (Wildman–Crippen LogP) is 3.70. The van der Waals surface area contributed by atoms with Crippen LogP contribution in [-0.2, 0) is 4.79 Å². The predicted molar refractivity (Wildman–Crippen MR) is 93.9 cm³/mol. The molecule has 0 heterocycles. The number of ether oxygens (including phenoxy) is 1. The van der Waals surface area contributed by atoms with Crippen LogP contribution in [0, 0.1) is 0 Å². The van der Waals surface area contributed by atoms with Crippen molar-refractivity contribution in [3.63, 3.8) is 0 Å². The highest BCUT2D eigenvalue weighted by atomic mass is 32.2. The molecule has 116 valence electrons. The van der Waals surface area contributed by atoms with Crippen molar-refractivity contribution in [2.75, 3.05) is 25.2 Å². The van der Waals surface area contributed by atoms with Gasteiger partial charge in [-0.2, -0.15) is 0 Å². The van der Waals surface area contributed by atoms with E-state index < -0.39 is 0 Å². The van der Waals surface area contributed by atoms with E-state index in [0.717, 1.165) is 16.4 Å². The third kappa shape index (κ3) is 6.03. The lowest BCUT2D eigenvalue weighted by molar-refractivity contribution is -0.118. The molecule has 0 fully saturated rings. The maximum atomic E-state index is 11.8. The van der Waals surface area contributed by atoms with E-state index in [9.17, 15) is 4.79 Å². The van der Waals surface area contributed by atoms with Gasteiger partial charge in [0.1, 0.15) is 5.75 Å². The van der Waals surface area contributed by atoms with E-state index in [0.29, 0.717) is 12.3 Å². The van der Waals surface area contributed by atoms with Crippen LogP contribution in [0.3, 0.4) is 0 Å². The zero-order valence-corrected chi connectivity index (χ0v) is 14.1. The monoisotopic (exact) mass is 333 g/mol. The van der Waals surface area contributed by atoms with Gasteiger partial charge in [0.05, 0.1) is 12.9 Å². The van der Waals surface area contributed by atoms with Crippen LogP contribution < -0.4 is 10.1 Å². The molecular weight excluding hydrogens is 314 g/mol. The molecule has 5 heteroatoms. The van der Waals surface area contributed by atoms with E-state index in [2.05, 4.69) is 17.4 Å². The molecule has 0 saturated carbocycles. The molecular formula is C17H19NO2S2. The molecule has 0 atom stereocenters. The summed E-state index contributed by atoms with van der Waals surface area (Å²) >= 11 is 3.27. The summed E-state index contributed by atoms with van der Waals surface area (Å²) in [5.41, 5.74) is 0. The first-order valence-electron chi connectivity index (χ1n) is 6.99. The second-order valence-corrected chi connectivity index (χ2v) is 6.69. The number of amides is 1. The molecule has 0 spiro atoms. The van der Waals surface area contributed by atoms with Crippen molar-refractivity contribution in [3.05, 3.63) is 54.6 Å². The Kier molecular flexibility index (Phi) is 7.19. The second-order valence-electron chi connectivity index (χ2n) is 4.48. The van der Waals surface area contributed by atoms with Gasteiger partial charge in [-0.25, -0.2) is 0 Å². The normalized spacial score (nSPS) is 10.2. The second kappa shape index (κ2) is 9.43. The molecule has 0 aromatic heterocycles. The van der Waals surface area contributed by atoms with Crippen molar-refractivity contribution >= 4 is 29.4 Å². The van der Waals surface area contributed by atoms with Gasteiger partial charge in [-0.05, 0) is 36.4 Å². The first kappa shape index (κ1) is 16.8.